The molecule has 2 aromatic carbocycles. The summed E-state index contributed by atoms with van der Waals surface area (Å²) in [6, 6.07) is 10.1. The quantitative estimate of drug-likeness (QED) is 0.450. The molecular weight excluding hydrogens is 540 g/mol. The summed E-state index contributed by atoms with van der Waals surface area (Å²) >= 11 is 0. The fourth-order valence-electron chi connectivity index (χ4n) is 6.03. The van der Waals surface area contributed by atoms with Gasteiger partial charge in [0.2, 0.25) is 5.91 Å². The van der Waals surface area contributed by atoms with Crippen molar-refractivity contribution in [3.05, 3.63) is 58.9 Å². The zero-order valence-electron chi connectivity index (χ0n) is 23.0. The Morgan fingerprint density at radius 3 is 2.51 bits per heavy atom. The van der Waals surface area contributed by atoms with Gasteiger partial charge in [-0.2, -0.15) is 18.4 Å². The molecule has 1 atom stereocenters. The summed E-state index contributed by atoms with van der Waals surface area (Å²) in [5.41, 5.74) is 0.0127. The van der Waals surface area contributed by atoms with Crippen LogP contribution >= 0.6 is 0 Å². The number of amides is 1. The van der Waals surface area contributed by atoms with Crippen molar-refractivity contribution < 1.29 is 31.8 Å². The van der Waals surface area contributed by atoms with Gasteiger partial charge in [0, 0.05) is 63.5 Å². The highest BCUT2D eigenvalue weighted by Crippen LogP contribution is 2.36. The number of rotatable bonds is 7. The number of piperazine rings is 1. The average Bonchev–Trinajstić information content (AvgIpc) is 3.36. The smallest absolute Gasteiger partial charge is 0.417 e. The number of ether oxygens (including phenoxy) is 2. The number of anilines is 1. The van der Waals surface area contributed by atoms with Crippen LogP contribution in [0.15, 0.2) is 36.4 Å². The standard InChI is InChI=1S/C30H34F4N4O3/c1-36(24-4-2-20(17-35)27(16-24)30(32,33)34)23-5-7-25(8-6-23)40-19-29(39)38-12-10-37(11-13-38)18-26-15-21-14-22(31)3-9-28(21)41-26/h2-4,9,14,16,23,25-26H,5-8,10-13,15,18-19H2,1H3. The Labute approximate surface area is 237 Å². The number of nitrogens with zero attached hydrogens (tertiary/aromatic N) is 4. The Bertz CT molecular complexity index is 1280. The second-order valence-electron chi connectivity index (χ2n) is 11.1. The van der Waals surface area contributed by atoms with Gasteiger partial charge < -0.3 is 19.3 Å². The summed E-state index contributed by atoms with van der Waals surface area (Å²) in [7, 11) is 1.77. The lowest BCUT2D eigenvalue weighted by Crippen LogP contribution is -2.51. The lowest BCUT2D eigenvalue weighted by molar-refractivity contribution is -0.141. The van der Waals surface area contributed by atoms with Crippen molar-refractivity contribution in [1.82, 2.24) is 9.80 Å². The molecule has 1 aliphatic carbocycles. The fraction of sp³-hybridized carbons (Fsp3) is 0.533. The summed E-state index contributed by atoms with van der Waals surface area (Å²) in [6.07, 6.45) is -1.11. The highest BCUT2D eigenvalue weighted by atomic mass is 19.4. The maximum atomic E-state index is 13.5. The van der Waals surface area contributed by atoms with Gasteiger partial charge in [0.15, 0.2) is 0 Å². The highest BCUT2D eigenvalue weighted by molar-refractivity contribution is 5.77. The Balaban J connectivity index is 1.02. The number of hydrogen-bond donors (Lipinski definition) is 0. The first kappa shape index (κ1) is 29.1. The van der Waals surface area contributed by atoms with Crippen LogP contribution in [0.25, 0.3) is 0 Å². The molecule has 0 spiro atoms. The van der Waals surface area contributed by atoms with Crippen molar-refractivity contribution in [2.45, 2.75) is 56.5 Å². The summed E-state index contributed by atoms with van der Waals surface area (Å²) in [4.78, 5) is 18.7. The van der Waals surface area contributed by atoms with Crippen LogP contribution in [0.4, 0.5) is 23.2 Å². The molecule has 1 saturated heterocycles. The Morgan fingerprint density at radius 1 is 1.10 bits per heavy atom. The third kappa shape index (κ3) is 6.93. The molecule has 7 nitrogen and oxygen atoms in total. The van der Waals surface area contributed by atoms with Crippen molar-refractivity contribution in [3.8, 4) is 11.8 Å². The molecule has 1 saturated carbocycles. The molecule has 220 valence electrons. The second-order valence-corrected chi connectivity index (χ2v) is 11.1. The fourth-order valence-corrected chi connectivity index (χ4v) is 6.03. The molecule has 0 aromatic heterocycles. The zero-order valence-corrected chi connectivity index (χ0v) is 23.0. The molecule has 2 aliphatic heterocycles. The second kappa shape index (κ2) is 12.2. The van der Waals surface area contributed by atoms with E-state index in [1.165, 1.54) is 18.2 Å². The van der Waals surface area contributed by atoms with E-state index in [1.807, 2.05) is 9.80 Å². The minimum absolute atomic E-state index is 0.0162. The van der Waals surface area contributed by atoms with Crippen LogP contribution < -0.4 is 9.64 Å². The molecule has 5 rings (SSSR count). The van der Waals surface area contributed by atoms with E-state index in [-0.39, 0.29) is 42.1 Å². The van der Waals surface area contributed by atoms with Gasteiger partial charge >= 0.3 is 6.18 Å². The first-order chi connectivity index (χ1) is 19.6. The summed E-state index contributed by atoms with van der Waals surface area (Å²) in [5.74, 6) is 0.447. The maximum Gasteiger partial charge on any atom is 0.417 e. The van der Waals surface area contributed by atoms with E-state index in [0.717, 1.165) is 49.9 Å². The first-order valence-electron chi connectivity index (χ1n) is 14.0. The molecular formula is C30H34F4N4O3. The SMILES string of the molecule is CN(c1ccc(C#N)c(C(F)(F)F)c1)C1CCC(OCC(=O)N2CCN(CC3Cc4cc(F)ccc4O3)CC2)CC1. The van der Waals surface area contributed by atoms with Crippen molar-refractivity contribution >= 4 is 11.6 Å². The van der Waals surface area contributed by atoms with Crippen LogP contribution in [0.1, 0.15) is 42.4 Å². The van der Waals surface area contributed by atoms with Gasteiger partial charge in [-0.05, 0) is 62.1 Å². The van der Waals surface area contributed by atoms with Gasteiger partial charge in [-0.3, -0.25) is 9.69 Å². The molecule has 0 bridgehead atoms. The molecule has 0 N–H and O–H groups in total. The monoisotopic (exact) mass is 574 g/mol. The Kier molecular flexibility index (Phi) is 8.71. The van der Waals surface area contributed by atoms with E-state index in [0.29, 0.717) is 38.0 Å². The molecule has 3 aliphatic rings. The maximum absolute atomic E-state index is 13.5. The molecule has 41 heavy (non-hydrogen) atoms. The van der Waals surface area contributed by atoms with E-state index < -0.39 is 11.7 Å². The topological polar surface area (TPSA) is 69.0 Å². The molecule has 1 unspecified atom stereocenters. The number of carbonyl (C=O) groups excluding carboxylic acids is 1. The highest BCUT2D eigenvalue weighted by Gasteiger charge is 2.35. The third-order valence-corrected chi connectivity index (χ3v) is 8.42. The molecule has 1 amide bonds. The van der Waals surface area contributed by atoms with E-state index in [2.05, 4.69) is 4.90 Å². The molecule has 2 heterocycles. The predicted octanol–water partition coefficient (Wildman–Crippen LogP) is 4.63. The molecule has 0 radical (unpaired) electrons. The van der Waals surface area contributed by atoms with Crippen molar-refractivity contribution in [2.24, 2.45) is 0 Å². The van der Waals surface area contributed by atoms with Gasteiger partial charge in [0.05, 0.1) is 23.3 Å². The lowest BCUT2D eigenvalue weighted by Gasteiger charge is -2.37. The van der Waals surface area contributed by atoms with E-state index in [9.17, 15) is 22.4 Å². The summed E-state index contributed by atoms with van der Waals surface area (Å²) in [5, 5.41) is 9.04. The third-order valence-electron chi connectivity index (χ3n) is 8.42. The van der Waals surface area contributed by atoms with E-state index in [4.69, 9.17) is 14.7 Å². The predicted molar refractivity (Wildman–Crippen MR) is 144 cm³/mol. The average molecular weight is 575 g/mol. The first-order valence-corrected chi connectivity index (χ1v) is 14.0. The van der Waals surface area contributed by atoms with Crippen LogP contribution in [0.2, 0.25) is 0 Å². The van der Waals surface area contributed by atoms with Crippen LogP contribution in [0.3, 0.4) is 0 Å². The summed E-state index contributed by atoms with van der Waals surface area (Å²) in [6.45, 7) is 3.43. The largest absolute Gasteiger partial charge is 0.488 e. The number of nitriles is 1. The van der Waals surface area contributed by atoms with Gasteiger partial charge in [-0.25, -0.2) is 4.39 Å². The minimum Gasteiger partial charge on any atom is -0.488 e. The van der Waals surface area contributed by atoms with E-state index >= 15 is 0 Å². The van der Waals surface area contributed by atoms with Crippen LogP contribution in [-0.4, -0.2) is 80.3 Å². The number of hydrogen-bond acceptors (Lipinski definition) is 6. The summed E-state index contributed by atoms with van der Waals surface area (Å²) < 4.78 is 65.5. The molecule has 2 aromatic rings. The van der Waals surface area contributed by atoms with Crippen molar-refractivity contribution in [3.63, 3.8) is 0 Å². The number of fused-ring (bicyclic) bond motifs is 1. The Hall–Kier alpha value is -3.36. The lowest BCUT2D eigenvalue weighted by atomic mass is 9.91. The van der Waals surface area contributed by atoms with Crippen molar-refractivity contribution in [2.75, 3.05) is 51.3 Å². The zero-order chi connectivity index (χ0) is 29.1. The van der Waals surface area contributed by atoms with Gasteiger partial charge in [0.1, 0.15) is 24.3 Å². The number of carbonyl (C=O) groups is 1. The normalized spacial score (nSPS) is 23.0. The van der Waals surface area contributed by atoms with Crippen LogP contribution in [-0.2, 0) is 22.1 Å². The number of benzene rings is 2. The van der Waals surface area contributed by atoms with Gasteiger partial charge in [-0.15, -0.1) is 0 Å². The molecule has 2 fully saturated rings. The number of alkyl halides is 3. The Morgan fingerprint density at radius 2 is 1.83 bits per heavy atom. The van der Waals surface area contributed by atoms with E-state index in [1.54, 1.807) is 25.2 Å². The molecule has 11 heteroatoms. The van der Waals surface area contributed by atoms with Crippen LogP contribution in [0, 0.1) is 17.1 Å². The van der Waals surface area contributed by atoms with Gasteiger partial charge in [0.25, 0.3) is 0 Å². The van der Waals surface area contributed by atoms with Gasteiger partial charge in [-0.1, -0.05) is 0 Å². The van der Waals surface area contributed by atoms with Crippen LogP contribution in [0.5, 0.6) is 5.75 Å². The number of halogens is 4. The van der Waals surface area contributed by atoms with Crippen molar-refractivity contribution in [1.29, 1.82) is 5.26 Å². The minimum atomic E-state index is -4.59.